The first-order valence-electron chi connectivity index (χ1n) is 7.35. The van der Waals surface area contributed by atoms with Crippen LogP contribution in [0.15, 0.2) is 52.2 Å². The van der Waals surface area contributed by atoms with E-state index in [4.69, 9.17) is 0 Å². The number of nitrogens with zero attached hydrogens (tertiary/aromatic N) is 2. The van der Waals surface area contributed by atoms with E-state index in [2.05, 4.69) is 14.7 Å². The summed E-state index contributed by atoms with van der Waals surface area (Å²) in [7, 11) is 1.27. The third kappa shape index (κ3) is 2.96. The topological polar surface area (TPSA) is 94.1 Å². The van der Waals surface area contributed by atoms with Crippen LogP contribution in [0.4, 0.5) is 0 Å². The van der Waals surface area contributed by atoms with Gasteiger partial charge in [0.1, 0.15) is 0 Å². The minimum absolute atomic E-state index is 0.222. The average Bonchev–Trinajstić information content (AvgIpc) is 2.61. The van der Waals surface area contributed by atoms with Gasteiger partial charge in [0.15, 0.2) is 0 Å². The van der Waals surface area contributed by atoms with E-state index in [1.165, 1.54) is 25.3 Å². The van der Waals surface area contributed by atoms with Crippen LogP contribution in [0.2, 0.25) is 0 Å². The van der Waals surface area contributed by atoms with Crippen LogP contribution < -0.4 is 11.2 Å². The summed E-state index contributed by atoms with van der Waals surface area (Å²) in [5, 5.41) is 0.336. The summed E-state index contributed by atoms with van der Waals surface area (Å²) in [5.74, 6) is -0.530. The Kier molecular flexibility index (Phi) is 4.24. The number of H-pyrrole nitrogens is 1. The van der Waals surface area contributed by atoms with Gasteiger partial charge in [0.25, 0.3) is 5.56 Å². The number of methoxy groups -OCH3 is 1. The molecule has 122 valence electrons. The molecule has 3 rings (SSSR count). The molecule has 0 amide bonds. The van der Waals surface area contributed by atoms with Gasteiger partial charge in [-0.05, 0) is 30.3 Å². The van der Waals surface area contributed by atoms with Crippen molar-refractivity contribution < 1.29 is 9.53 Å². The summed E-state index contributed by atoms with van der Waals surface area (Å²) >= 11 is 0. The fourth-order valence-corrected chi connectivity index (χ4v) is 2.47. The molecule has 0 bridgehead atoms. The standard InChI is InChI=1S/C17H15N3O4/c1-24-16(22)11-5-6-13-14(10-11)19-17(23)20(15(13)21)9-7-12-4-2-3-8-18-12/h2-6,8,10H,7,9H2,1H3,(H,19,23). The molecule has 0 aliphatic heterocycles. The van der Waals surface area contributed by atoms with E-state index in [-0.39, 0.29) is 12.1 Å². The highest BCUT2D eigenvalue weighted by Crippen LogP contribution is 2.10. The molecule has 0 unspecified atom stereocenters. The summed E-state index contributed by atoms with van der Waals surface area (Å²) in [4.78, 5) is 43.1. The molecule has 0 atom stereocenters. The minimum atomic E-state index is -0.530. The zero-order valence-electron chi connectivity index (χ0n) is 13.0. The number of hydrogen-bond donors (Lipinski definition) is 1. The fraction of sp³-hybridized carbons (Fsp3) is 0.176. The molecule has 1 aromatic carbocycles. The van der Waals surface area contributed by atoms with Crippen molar-refractivity contribution in [1.82, 2.24) is 14.5 Å². The molecule has 7 nitrogen and oxygen atoms in total. The second kappa shape index (κ2) is 6.49. The smallest absolute Gasteiger partial charge is 0.337 e. The Morgan fingerprint density at radius 3 is 2.79 bits per heavy atom. The summed E-state index contributed by atoms with van der Waals surface area (Å²) in [6.07, 6.45) is 2.13. The van der Waals surface area contributed by atoms with Gasteiger partial charge in [-0.3, -0.25) is 14.3 Å². The van der Waals surface area contributed by atoms with Gasteiger partial charge < -0.3 is 9.72 Å². The summed E-state index contributed by atoms with van der Waals surface area (Å²) in [6, 6.07) is 9.94. The molecule has 0 aliphatic rings. The number of fused-ring (bicyclic) bond motifs is 1. The molecule has 2 heterocycles. The van der Waals surface area contributed by atoms with E-state index >= 15 is 0 Å². The molecule has 0 fully saturated rings. The third-order valence-corrected chi connectivity index (χ3v) is 3.72. The van der Waals surface area contributed by atoms with E-state index in [1.807, 2.05) is 12.1 Å². The predicted octanol–water partition coefficient (Wildman–Crippen LogP) is 1.11. The number of rotatable bonds is 4. The molecule has 1 N–H and O–H groups in total. The summed E-state index contributed by atoms with van der Waals surface area (Å²) < 4.78 is 5.77. The van der Waals surface area contributed by atoms with Crippen LogP contribution in [0.1, 0.15) is 16.1 Å². The van der Waals surface area contributed by atoms with E-state index in [0.717, 1.165) is 10.3 Å². The predicted molar refractivity (Wildman–Crippen MR) is 88.1 cm³/mol. The highest BCUT2D eigenvalue weighted by Gasteiger charge is 2.11. The average molecular weight is 325 g/mol. The Labute approximate surface area is 136 Å². The first kappa shape index (κ1) is 15.7. The number of ether oxygens (including phenoxy) is 1. The van der Waals surface area contributed by atoms with Gasteiger partial charge in [0, 0.05) is 24.9 Å². The second-order valence-corrected chi connectivity index (χ2v) is 5.21. The largest absolute Gasteiger partial charge is 0.465 e. The highest BCUT2D eigenvalue weighted by atomic mass is 16.5. The number of esters is 1. The number of carbonyl (C=O) groups is 1. The van der Waals surface area contributed by atoms with Crippen LogP contribution in [-0.2, 0) is 17.7 Å². The maximum absolute atomic E-state index is 12.5. The van der Waals surface area contributed by atoms with Crippen LogP contribution >= 0.6 is 0 Å². The van der Waals surface area contributed by atoms with Crippen molar-refractivity contribution in [3.63, 3.8) is 0 Å². The molecule has 0 saturated carbocycles. The number of benzene rings is 1. The zero-order valence-corrected chi connectivity index (χ0v) is 13.0. The lowest BCUT2D eigenvalue weighted by Crippen LogP contribution is -2.35. The van der Waals surface area contributed by atoms with E-state index in [1.54, 1.807) is 12.3 Å². The first-order valence-corrected chi connectivity index (χ1v) is 7.35. The molecule has 3 aromatic rings. The summed E-state index contributed by atoms with van der Waals surface area (Å²) in [6.45, 7) is 0.222. The molecular formula is C17H15N3O4. The van der Waals surface area contributed by atoms with Gasteiger partial charge in [-0.25, -0.2) is 9.59 Å². The van der Waals surface area contributed by atoms with Gasteiger partial charge >= 0.3 is 11.7 Å². The number of pyridine rings is 1. The molecule has 0 aliphatic carbocycles. The van der Waals surface area contributed by atoms with Crippen LogP contribution in [0.3, 0.4) is 0 Å². The summed E-state index contributed by atoms with van der Waals surface area (Å²) in [5.41, 5.74) is 0.449. The lowest BCUT2D eigenvalue weighted by atomic mass is 10.1. The van der Waals surface area contributed by atoms with Crippen molar-refractivity contribution in [3.05, 3.63) is 74.7 Å². The number of carbonyl (C=O) groups excluding carboxylic acids is 1. The normalized spacial score (nSPS) is 10.7. The third-order valence-electron chi connectivity index (χ3n) is 3.72. The second-order valence-electron chi connectivity index (χ2n) is 5.21. The van der Waals surface area contributed by atoms with Gasteiger partial charge in [0.05, 0.1) is 23.6 Å². The van der Waals surface area contributed by atoms with Gasteiger partial charge in [-0.15, -0.1) is 0 Å². The quantitative estimate of drug-likeness (QED) is 0.725. The number of aromatic amines is 1. The number of hydrogen-bond acceptors (Lipinski definition) is 5. The molecule has 2 aromatic heterocycles. The van der Waals surface area contributed by atoms with E-state index < -0.39 is 17.2 Å². The Balaban J connectivity index is 1.99. The van der Waals surface area contributed by atoms with Crippen molar-refractivity contribution in [2.75, 3.05) is 7.11 Å². The Morgan fingerprint density at radius 2 is 2.08 bits per heavy atom. The van der Waals surface area contributed by atoms with Crippen LogP contribution in [0.5, 0.6) is 0 Å². The SMILES string of the molecule is COC(=O)c1ccc2c(=O)n(CCc3ccccn3)c(=O)[nH]c2c1. The van der Waals surface area contributed by atoms with Crippen molar-refractivity contribution in [2.24, 2.45) is 0 Å². The monoisotopic (exact) mass is 325 g/mol. The molecule has 0 saturated heterocycles. The first-order chi connectivity index (χ1) is 11.6. The van der Waals surface area contributed by atoms with Crippen LogP contribution in [0, 0.1) is 0 Å². The molecule has 24 heavy (non-hydrogen) atoms. The molecule has 0 spiro atoms. The molecule has 0 radical (unpaired) electrons. The van der Waals surface area contributed by atoms with Crippen molar-refractivity contribution in [3.8, 4) is 0 Å². The van der Waals surface area contributed by atoms with Gasteiger partial charge in [0.2, 0.25) is 0 Å². The van der Waals surface area contributed by atoms with E-state index in [9.17, 15) is 14.4 Å². The van der Waals surface area contributed by atoms with Crippen LogP contribution in [0.25, 0.3) is 10.9 Å². The van der Waals surface area contributed by atoms with Crippen molar-refractivity contribution in [2.45, 2.75) is 13.0 Å². The van der Waals surface area contributed by atoms with Crippen molar-refractivity contribution in [1.29, 1.82) is 0 Å². The van der Waals surface area contributed by atoms with E-state index in [0.29, 0.717) is 17.3 Å². The highest BCUT2D eigenvalue weighted by molar-refractivity contribution is 5.93. The number of aromatic nitrogens is 3. The molecular weight excluding hydrogens is 310 g/mol. The van der Waals surface area contributed by atoms with Crippen LogP contribution in [-0.4, -0.2) is 27.6 Å². The zero-order chi connectivity index (χ0) is 17.1. The molecule has 7 heteroatoms. The maximum atomic E-state index is 12.5. The lowest BCUT2D eigenvalue weighted by Gasteiger charge is -2.07. The number of nitrogens with one attached hydrogen (secondary N) is 1. The van der Waals surface area contributed by atoms with Crippen molar-refractivity contribution >= 4 is 16.9 Å². The lowest BCUT2D eigenvalue weighted by molar-refractivity contribution is 0.0601. The Hall–Kier alpha value is -3.22. The maximum Gasteiger partial charge on any atom is 0.337 e. The van der Waals surface area contributed by atoms with Gasteiger partial charge in [-0.1, -0.05) is 6.07 Å². The van der Waals surface area contributed by atoms with Gasteiger partial charge in [-0.2, -0.15) is 0 Å². The Bertz CT molecular complexity index is 1010. The Morgan fingerprint density at radius 1 is 1.25 bits per heavy atom. The number of aryl methyl sites for hydroxylation is 1. The minimum Gasteiger partial charge on any atom is -0.465 e. The fourth-order valence-electron chi connectivity index (χ4n) is 2.47.